The average molecular weight is 492 g/mol. The molecule has 1 aliphatic rings. The van der Waals surface area contributed by atoms with Gasteiger partial charge in [0, 0.05) is 42.8 Å². The number of hydrogen-bond acceptors (Lipinski definition) is 5. The van der Waals surface area contributed by atoms with E-state index in [2.05, 4.69) is 58.3 Å². The first-order chi connectivity index (χ1) is 18.0. The molecule has 188 valence electrons. The first-order valence-electron chi connectivity index (χ1n) is 13.0. The molecule has 6 heteroatoms. The van der Waals surface area contributed by atoms with Gasteiger partial charge in [0.05, 0.1) is 11.3 Å². The third kappa shape index (κ3) is 6.66. The van der Waals surface area contributed by atoms with Gasteiger partial charge in [-0.05, 0) is 80.2 Å². The van der Waals surface area contributed by atoms with Crippen LogP contribution in [0.5, 0.6) is 0 Å². The Hall–Kier alpha value is -3.90. The largest absolute Gasteiger partial charge is 0.322 e. The Morgan fingerprint density at radius 3 is 2.59 bits per heavy atom. The zero-order valence-electron chi connectivity index (χ0n) is 21.5. The van der Waals surface area contributed by atoms with Gasteiger partial charge >= 0.3 is 0 Å². The molecule has 0 atom stereocenters. The third-order valence-corrected chi connectivity index (χ3v) is 6.93. The SMILES string of the molecule is Cc1cccc(-c2ccnc(Cc3cncc(C(=O)Nc4ccc(CN5CCC(C)CC5)cc4)c3)n2)c1. The number of nitrogens with zero attached hydrogens (tertiary/aromatic N) is 4. The fourth-order valence-electron chi connectivity index (χ4n) is 4.72. The lowest BCUT2D eigenvalue weighted by atomic mass is 9.99. The van der Waals surface area contributed by atoms with E-state index in [4.69, 9.17) is 4.98 Å². The van der Waals surface area contributed by atoms with Crippen molar-refractivity contribution in [3.8, 4) is 11.3 Å². The summed E-state index contributed by atoms with van der Waals surface area (Å²) in [6, 6.07) is 20.2. The van der Waals surface area contributed by atoms with Crippen LogP contribution in [0.3, 0.4) is 0 Å². The number of aryl methyl sites for hydroxylation is 1. The minimum atomic E-state index is -0.179. The van der Waals surface area contributed by atoms with Crippen LogP contribution in [0.2, 0.25) is 0 Å². The highest BCUT2D eigenvalue weighted by Gasteiger charge is 2.16. The van der Waals surface area contributed by atoms with Gasteiger partial charge in [0.25, 0.3) is 5.91 Å². The van der Waals surface area contributed by atoms with Crippen LogP contribution in [0.1, 0.15) is 52.6 Å². The lowest BCUT2D eigenvalue weighted by Gasteiger charge is -2.30. The molecule has 1 N–H and O–H groups in total. The normalized spacial score (nSPS) is 14.4. The predicted molar refractivity (Wildman–Crippen MR) is 147 cm³/mol. The number of pyridine rings is 1. The maximum Gasteiger partial charge on any atom is 0.257 e. The average Bonchev–Trinajstić information content (AvgIpc) is 2.91. The summed E-state index contributed by atoms with van der Waals surface area (Å²) in [6.45, 7) is 7.67. The molecule has 1 fully saturated rings. The van der Waals surface area contributed by atoms with Crippen LogP contribution in [-0.4, -0.2) is 38.8 Å². The van der Waals surface area contributed by atoms with E-state index in [9.17, 15) is 4.79 Å². The van der Waals surface area contributed by atoms with Crippen molar-refractivity contribution >= 4 is 11.6 Å². The van der Waals surface area contributed by atoms with Crippen LogP contribution in [0.4, 0.5) is 5.69 Å². The number of rotatable bonds is 7. The van der Waals surface area contributed by atoms with Gasteiger partial charge in [0.1, 0.15) is 5.82 Å². The molecule has 1 amide bonds. The number of benzene rings is 2. The second kappa shape index (κ2) is 11.4. The van der Waals surface area contributed by atoms with Crippen molar-refractivity contribution in [2.24, 2.45) is 5.92 Å². The van der Waals surface area contributed by atoms with E-state index in [-0.39, 0.29) is 5.91 Å². The van der Waals surface area contributed by atoms with Gasteiger partial charge in [-0.3, -0.25) is 14.7 Å². The van der Waals surface area contributed by atoms with E-state index in [1.54, 1.807) is 18.6 Å². The summed E-state index contributed by atoms with van der Waals surface area (Å²) < 4.78 is 0. The Morgan fingerprint density at radius 1 is 1.00 bits per heavy atom. The molecule has 37 heavy (non-hydrogen) atoms. The molecule has 0 bridgehead atoms. The van der Waals surface area contributed by atoms with Crippen molar-refractivity contribution in [2.45, 2.75) is 39.7 Å². The standard InChI is InChI=1S/C31H33N5O/c1-22-11-14-36(15-12-22)21-24-6-8-28(9-7-24)34-31(37)27-17-25(19-32-20-27)18-30-33-13-10-29(35-30)26-5-3-4-23(2)16-26/h3-10,13,16-17,19-20,22H,11-12,14-15,18,21H2,1-2H3,(H,34,37). The smallest absolute Gasteiger partial charge is 0.257 e. The van der Waals surface area contributed by atoms with E-state index >= 15 is 0 Å². The first kappa shape index (κ1) is 24.8. The number of carbonyl (C=O) groups excluding carboxylic acids is 1. The highest BCUT2D eigenvalue weighted by molar-refractivity contribution is 6.04. The summed E-state index contributed by atoms with van der Waals surface area (Å²) in [4.78, 5) is 28.9. The molecular formula is C31H33N5O. The third-order valence-electron chi connectivity index (χ3n) is 6.93. The minimum absolute atomic E-state index is 0.179. The molecule has 0 aliphatic carbocycles. The first-order valence-corrected chi connectivity index (χ1v) is 13.0. The fourth-order valence-corrected chi connectivity index (χ4v) is 4.72. The topological polar surface area (TPSA) is 71.0 Å². The van der Waals surface area contributed by atoms with Crippen LogP contribution in [-0.2, 0) is 13.0 Å². The summed E-state index contributed by atoms with van der Waals surface area (Å²) in [5.41, 5.74) is 6.58. The maximum absolute atomic E-state index is 12.9. The summed E-state index contributed by atoms with van der Waals surface area (Å²) in [6.07, 6.45) is 8.17. The minimum Gasteiger partial charge on any atom is -0.322 e. The van der Waals surface area contributed by atoms with E-state index in [0.29, 0.717) is 17.8 Å². The molecule has 0 unspecified atom stereocenters. The number of hydrogen-bond donors (Lipinski definition) is 1. The zero-order chi connectivity index (χ0) is 25.6. The predicted octanol–water partition coefficient (Wildman–Crippen LogP) is 5.92. The summed E-state index contributed by atoms with van der Waals surface area (Å²) in [7, 11) is 0. The molecule has 5 rings (SSSR count). The molecule has 0 spiro atoms. The Labute approximate surface area is 218 Å². The van der Waals surface area contributed by atoms with Crippen LogP contribution in [0, 0.1) is 12.8 Å². The van der Waals surface area contributed by atoms with E-state index in [0.717, 1.165) is 48.1 Å². The maximum atomic E-state index is 12.9. The number of carbonyl (C=O) groups is 1. The molecule has 4 aromatic rings. The number of aromatic nitrogens is 3. The molecule has 6 nitrogen and oxygen atoms in total. The van der Waals surface area contributed by atoms with Crippen LogP contribution >= 0.6 is 0 Å². The van der Waals surface area contributed by atoms with Crippen LogP contribution < -0.4 is 5.32 Å². The molecule has 3 heterocycles. The Kier molecular flexibility index (Phi) is 7.66. The van der Waals surface area contributed by atoms with Gasteiger partial charge in [-0.2, -0.15) is 0 Å². The van der Waals surface area contributed by atoms with E-state index < -0.39 is 0 Å². The van der Waals surface area contributed by atoms with Gasteiger partial charge in [-0.15, -0.1) is 0 Å². The molecular weight excluding hydrogens is 458 g/mol. The number of nitrogens with one attached hydrogen (secondary N) is 1. The van der Waals surface area contributed by atoms with Crippen molar-refractivity contribution < 1.29 is 4.79 Å². The molecule has 0 saturated carbocycles. The summed E-state index contributed by atoms with van der Waals surface area (Å²) in [5, 5.41) is 3.00. The number of anilines is 1. The van der Waals surface area contributed by atoms with Gasteiger partial charge in [0.2, 0.25) is 0 Å². The van der Waals surface area contributed by atoms with Gasteiger partial charge in [0.15, 0.2) is 0 Å². The zero-order valence-corrected chi connectivity index (χ0v) is 21.5. The lowest BCUT2D eigenvalue weighted by molar-refractivity contribution is 0.102. The Morgan fingerprint density at radius 2 is 1.81 bits per heavy atom. The summed E-state index contributed by atoms with van der Waals surface area (Å²) >= 11 is 0. The Balaban J connectivity index is 1.21. The highest BCUT2D eigenvalue weighted by atomic mass is 16.1. The molecule has 0 radical (unpaired) electrons. The lowest BCUT2D eigenvalue weighted by Crippen LogP contribution is -2.32. The van der Waals surface area contributed by atoms with Gasteiger partial charge < -0.3 is 5.32 Å². The fraction of sp³-hybridized carbons (Fsp3) is 0.290. The molecule has 2 aromatic heterocycles. The van der Waals surface area contributed by atoms with Crippen molar-refractivity contribution in [1.29, 1.82) is 0 Å². The van der Waals surface area contributed by atoms with Gasteiger partial charge in [-0.1, -0.05) is 42.8 Å². The number of likely N-dealkylation sites (tertiary alicyclic amines) is 1. The van der Waals surface area contributed by atoms with E-state index in [1.165, 1.54) is 24.0 Å². The number of amides is 1. The van der Waals surface area contributed by atoms with Crippen LogP contribution in [0.25, 0.3) is 11.3 Å². The van der Waals surface area contributed by atoms with Gasteiger partial charge in [-0.25, -0.2) is 9.97 Å². The second-order valence-electron chi connectivity index (χ2n) is 10.1. The van der Waals surface area contributed by atoms with Crippen molar-refractivity contribution in [1.82, 2.24) is 19.9 Å². The van der Waals surface area contributed by atoms with Crippen molar-refractivity contribution in [2.75, 3.05) is 18.4 Å². The summed E-state index contributed by atoms with van der Waals surface area (Å²) in [5.74, 6) is 1.34. The Bertz CT molecular complexity index is 1360. The second-order valence-corrected chi connectivity index (χ2v) is 10.1. The molecule has 2 aromatic carbocycles. The number of piperidine rings is 1. The van der Waals surface area contributed by atoms with Crippen molar-refractivity contribution in [3.05, 3.63) is 107 Å². The molecule has 1 saturated heterocycles. The van der Waals surface area contributed by atoms with E-state index in [1.807, 2.05) is 36.4 Å². The quantitative estimate of drug-likeness (QED) is 0.347. The van der Waals surface area contributed by atoms with Crippen LogP contribution in [0.15, 0.2) is 79.3 Å². The molecule has 1 aliphatic heterocycles. The monoisotopic (exact) mass is 491 g/mol. The van der Waals surface area contributed by atoms with Crippen molar-refractivity contribution in [3.63, 3.8) is 0 Å². The highest BCUT2D eigenvalue weighted by Crippen LogP contribution is 2.20.